The Labute approximate surface area is 114 Å². The summed E-state index contributed by atoms with van der Waals surface area (Å²) < 4.78 is 0. The highest BCUT2D eigenvalue weighted by Crippen LogP contribution is 2.25. The number of rotatable bonds is 2. The van der Waals surface area contributed by atoms with Crippen LogP contribution in [0.3, 0.4) is 0 Å². The molecule has 1 heterocycles. The largest absolute Gasteiger partial charge is 0.481 e. The van der Waals surface area contributed by atoms with Gasteiger partial charge in [0.25, 0.3) is 5.91 Å². The molecule has 18 heavy (non-hydrogen) atoms. The molecular formula is C12H11Cl2NO3. The average molecular weight is 288 g/mol. The lowest BCUT2D eigenvalue weighted by atomic mass is 10.1. The van der Waals surface area contributed by atoms with Crippen molar-refractivity contribution in [3.63, 3.8) is 0 Å². The number of benzene rings is 1. The van der Waals surface area contributed by atoms with E-state index in [-0.39, 0.29) is 17.5 Å². The zero-order chi connectivity index (χ0) is 13.3. The number of carbonyl (C=O) groups is 2. The van der Waals surface area contributed by atoms with Gasteiger partial charge in [-0.3, -0.25) is 9.59 Å². The molecule has 1 atom stereocenters. The van der Waals surface area contributed by atoms with Crippen LogP contribution in [-0.2, 0) is 4.79 Å². The number of carboxylic acids is 1. The monoisotopic (exact) mass is 287 g/mol. The molecule has 1 aliphatic heterocycles. The lowest BCUT2D eigenvalue weighted by Crippen LogP contribution is -2.30. The van der Waals surface area contributed by atoms with Crippen molar-refractivity contribution >= 4 is 35.1 Å². The van der Waals surface area contributed by atoms with Crippen molar-refractivity contribution in [2.45, 2.75) is 6.42 Å². The van der Waals surface area contributed by atoms with Gasteiger partial charge in [0, 0.05) is 18.1 Å². The molecule has 1 saturated heterocycles. The van der Waals surface area contributed by atoms with E-state index in [4.69, 9.17) is 28.3 Å². The van der Waals surface area contributed by atoms with Gasteiger partial charge in [0.1, 0.15) is 0 Å². The summed E-state index contributed by atoms with van der Waals surface area (Å²) >= 11 is 11.7. The van der Waals surface area contributed by atoms with Crippen LogP contribution in [0.2, 0.25) is 10.0 Å². The van der Waals surface area contributed by atoms with Gasteiger partial charge in [0.15, 0.2) is 0 Å². The van der Waals surface area contributed by atoms with Crippen molar-refractivity contribution in [3.8, 4) is 0 Å². The van der Waals surface area contributed by atoms with Gasteiger partial charge in [-0.15, -0.1) is 0 Å². The number of hydrogen-bond donors (Lipinski definition) is 1. The van der Waals surface area contributed by atoms with Crippen LogP contribution in [0.4, 0.5) is 0 Å². The lowest BCUT2D eigenvalue weighted by Gasteiger charge is -2.16. The molecule has 2 rings (SSSR count). The van der Waals surface area contributed by atoms with Gasteiger partial charge in [-0.05, 0) is 24.6 Å². The van der Waals surface area contributed by atoms with Gasteiger partial charge in [0.05, 0.1) is 16.5 Å². The number of carboxylic acid groups (broad SMARTS) is 1. The number of likely N-dealkylation sites (tertiary alicyclic amines) is 1. The van der Waals surface area contributed by atoms with Crippen LogP contribution in [0.1, 0.15) is 16.8 Å². The van der Waals surface area contributed by atoms with E-state index >= 15 is 0 Å². The summed E-state index contributed by atoms with van der Waals surface area (Å²) in [4.78, 5) is 24.5. The van der Waals surface area contributed by atoms with Crippen molar-refractivity contribution < 1.29 is 14.7 Å². The highest BCUT2D eigenvalue weighted by molar-refractivity contribution is 6.36. The molecule has 4 nitrogen and oxygen atoms in total. The molecule has 0 saturated carbocycles. The van der Waals surface area contributed by atoms with E-state index in [1.54, 1.807) is 12.1 Å². The van der Waals surface area contributed by atoms with E-state index in [0.717, 1.165) is 0 Å². The van der Waals surface area contributed by atoms with Crippen LogP contribution in [0.5, 0.6) is 0 Å². The van der Waals surface area contributed by atoms with Gasteiger partial charge in [-0.25, -0.2) is 0 Å². The van der Waals surface area contributed by atoms with E-state index < -0.39 is 11.9 Å². The predicted octanol–water partition coefficient (Wildman–Crippen LogP) is 2.54. The van der Waals surface area contributed by atoms with Crippen LogP contribution in [0.25, 0.3) is 0 Å². The number of aliphatic carboxylic acids is 1. The predicted molar refractivity (Wildman–Crippen MR) is 68.1 cm³/mol. The normalized spacial score (nSPS) is 19.0. The fourth-order valence-electron chi connectivity index (χ4n) is 1.98. The molecule has 0 unspecified atom stereocenters. The Morgan fingerprint density at radius 2 is 2.06 bits per heavy atom. The summed E-state index contributed by atoms with van der Waals surface area (Å²) in [6, 6.07) is 4.65. The highest BCUT2D eigenvalue weighted by atomic mass is 35.5. The Balaban J connectivity index is 2.15. The third-order valence-electron chi connectivity index (χ3n) is 2.99. The smallest absolute Gasteiger partial charge is 0.308 e. The first-order valence-electron chi connectivity index (χ1n) is 5.46. The molecule has 0 spiro atoms. The van der Waals surface area contributed by atoms with E-state index in [0.29, 0.717) is 23.6 Å². The van der Waals surface area contributed by atoms with E-state index in [9.17, 15) is 9.59 Å². The maximum absolute atomic E-state index is 12.2. The van der Waals surface area contributed by atoms with Crippen LogP contribution < -0.4 is 0 Å². The average Bonchev–Trinajstić information content (AvgIpc) is 2.77. The fourth-order valence-corrected chi connectivity index (χ4v) is 2.47. The first-order chi connectivity index (χ1) is 8.49. The summed E-state index contributed by atoms with van der Waals surface area (Å²) in [5, 5.41) is 9.64. The molecule has 1 aromatic carbocycles. The highest BCUT2D eigenvalue weighted by Gasteiger charge is 2.31. The van der Waals surface area contributed by atoms with Crippen LogP contribution in [-0.4, -0.2) is 35.0 Å². The van der Waals surface area contributed by atoms with E-state index in [1.165, 1.54) is 11.0 Å². The van der Waals surface area contributed by atoms with Gasteiger partial charge < -0.3 is 10.0 Å². The quantitative estimate of drug-likeness (QED) is 0.909. The number of halogens is 2. The second-order valence-electron chi connectivity index (χ2n) is 4.20. The maximum atomic E-state index is 12.2. The van der Waals surface area contributed by atoms with Crippen molar-refractivity contribution in [2.24, 2.45) is 5.92 Å². The third-order valence-corrected chi connectivity index (χ3v) is 3.53. The molecule has 1 aromatic rings. The van der Waals surface area contributed by atoms with Crippen molar-refractivity contribution in [2.75, 3.05) is 13.1 Å². The Morgan fingerprint density at radius 3 is 2.61 bits per heavy atom. The lowest BCUT2D eigenvalue weighted by molar-refractivity contribution is -0.141. The summed E-state index contributed by atoms with van der Waals surface area (Å²) in [7, 11) is 0. The molecule has 1 aliphatic rings. The molecule has 1 fully saturated rings. The standard InChI is InChI=1S/C12H11Cl2NO3/c13-8-1-2-9(10(14)5-8)11(16)15-4-3-7(6-15)12(17)18/h1-2,5,7H,3-4,6H2,(H,17,18)/t7-/m0/s1. The summed E-state index contributed by atoms with van der Waals surface area (Å²) in [5.74, 6) is -1.60. The number of nitrogens with zero attached hydrogens (tertiary/aromatic N) is 1. The molecule has 1 N–H and O–H groups in total. The molecule has 1 amide bonds. The van der Waals surface area contributed by atoms with Gasteiger partial charge in [-0.1, -0.05) is 23.2 Å². The molecule has 0 bridgehead atoms. The van der Waals surface area contributed by atoms with Crippen LogP contribution >= 0.6 is 23.2 Å². The summed E-state index contributed by atoms with van der Waals surface area (Å²) in [6.45, 7) is 0.669. The molecular weight excluding hydrogens is 277 g/mol. The summed E-state index contributed by atoms with van der Waals surface area (Å²) in [6.07, 6.45) is 0.478. The number of hydrogen-bond acceptors (Lipinski definition) is 2. The minimum Gasteiger partial charge on any atom is -0.481 e. The molecule has 0 radical (unpaired) electrons. The number of carbonyl (C=O) groups excluding carboxylic acids is 1. The minimum absolute atomic E-state index is 0.229. The van der Waals surface area contributed by atoms with Gasteiger partial charge in [0.2, 0.25) is 0 Å². The van der Waals surface area contributed by atoms with Gasteiger partial charge >= 0.3 is 5.97 Å². The van der Waals surface area contributed by atoms with Crippen LogP contribution in [0, 0.1) is 5.92 Å². The molecule has 0 aliphatic carbocycles. The SMILES string of the molecule is O=C(O)[C@H]1CCN(C(=O)c2ccc(Cl)cc2Cl)C1. The minimum atomic E-state index is -0.868. The maximum Gasteiger partial charge on any atom is 0.308 e. The van der Waals surface area contributed by atoms with E-state index in [1.807, 2.05) is 0 Å². The Kier molecular flexibility index (Phi) is 3.78. The fraction of sp³-hybridized carbons (Fsp3) is 0.333. The van der Waals surface area contributed by atoms with Gasteiger partial charge in [-0.2, -0.15) is 0 Å². The molecule has 6 heteroatoms. The van der Waals surface area contributed by atoms with Crippen molar-refractivity contribution in [1.29, 1.82) is 0 Å². The molecule has 0 aromatic heterocycles. The zero-order valence-electron chi connectivity index (χ0n) is 9.40. The second-order valence-corrected chi connectivity index (χ2v) is 5.04. The number of amides is 1. The Hall–Kier alpha value is -1.26. The van der Waals surface area contributed by atoms with E-state index in [2.05, 4.69) is 0 Å². The van der Waals surface area contributed by atoms with Crippen molar-refractivity contribution in [3.05, 3.63) is 33.8 Å². The molecule has 96 valence electrons. The second kappa shape index (κ2) is 5.16. The zero-order valence-corrected chi connectivity index (χ0v) is 10.9. The van der Waals surface area contributed by atoms with Crippen LogP contribution in [0.15, 0.2) is 18.2 Å². The first-order valence-corrected chi connectivity index (χ1v) is 6.22. The topological polar surface area (TPSA) is 57.6 Å². The first kappa shape index (κ1) is 13.2. The Morgan fingerprint density at radius 1 is 1.33 bits per heavy atom. The Bertz CT molecular complexity index is 504. The third kappa shape index (κ3) is 2.60. The summed E-state index contributed by atoms with van der Waals surface area (Å²) in [5.41, 5.74) is 0.354. The van der Waals surface area contributed by atoms with Crippen molar-refractivity contribution in [1.82, 2.24) is 4.90 Å².